The lowest BCUT2D eigenvalue weighted by atomic mass is 9.78. The molecule has 0 spiro atoms. The normalized spacial score (nSPS) is 19.2. The Morgan fingerprint density at radius 1 is 1.50 bits per heavy atom. The molecule has 14 heavy (non-hydrogen) atoms. The van der Waals surface area contributed by atoms with E-state index in [9.17, 15) is 0 Å². The zero-order valence-electron chi connectivity index (χ0n) is 8.25. The van der Waals surface area contributed by atoms with Crippen LogP contribution in [0.5, 0.6) is 0 Å². The summed E-state index contributed by atoms with van der Waals surface area (Å²) >= 11 is 5.94. The van der Waals surface area contributed by atoms with Crippen molar-refractivity contribution in [2.45, 2.75) is 31.3 Å². The summed E-state index contributed by atoms with van der Waals surface area (Å²) in [7, 11) is 0. The van der Waals surface area contributed by atoms with Gasteiger partial charge in [0.15, 0.2) is 0 Å². The molecular formula is C10H16ClN3. The van der Waals surface area contributed by atoms with Crippen LogP contribution in [0.3, 0.4) is 0 Å². The van der Waals surface area contributed by atoms with Gasteiger partial charge in [-0.3, -0.25) is 4.68 Å². The first kappa shape index (κ1) is 9.99. The van der Waals surface area contributed by atoms with Crippen molar-refractivity contribution in [3.05, 3.63) is 18.5 Å². The van der Waals surface area contributed by atoms with Gasteiger partial charge in [-0.1, -0.05) is 0 Å². The number of alkyl halides is 1. The molecule has 0 amide bonds. The van der Waals surface area contributed by atoms with Gasteiger partial charge in [0, 0.05) is 30.4 Å². The minimum Gasteiger partial charge on any atom is -0.308 e. The van der Waals surface area contributed by atoms with Gasteiger partial charge in [0.05, 0.1) is 6.54 Å². The summed E-state index contributed by atoms with van der Waals surface area (Å²) in [5, 5.41) is 7.68. The lowest BCUT2D eigenvalue weighted by Gasteiger charge is -2.41. The second kappa shape index (κ2) is 4.32. The van der Waals surface area contributed by atoms with Crippen LogP contribution >= 0.6 is 11.6 Å². The summed E-state index contributed by atoms with van der Waals surface area (Å²) in [5.41, 5.74) is 0.231. The third-order valence-electron chi connectivity index (χ3n) is 2.97. The molecule has 1 heterocycles. The summed E-state index contributed by atoms with van der Waals surface area (Å²) in [6.07, 6.45) is 7.53. The minimum atomic E-state index is 0.231. The second-order valence-electron chi connectivity index (χ2n) is 3.96. The largest absolute Gasteiger partial charge is 0.308 e. The fraction of sp³-hybridized carbons (Fsp3) is 0.700. The average Bonchev–Trinajstić information content (AvgIpc) is 2.62. The van der Waals surface area contributed by atoms with E-state index < -0.39 is 0 Å². The minimum absolute atomic E-state index is 0.231. The predicted molar refractivity (Wildman–Crippen MR) is 57.5 cm³/mol. The molecule has 1 fully saturated rings. The van der Waals surface area contributed by atoms with Crippen molar-refractivity contribution in [1.29, 1.82) is 0 Å². The molecule has 0 radical (unpaired) electrons. The zero-order valence-corrected chi connectivity index (χ0v) is 9.00. The molecule has 0 saturated heterocycles. The van der Waals surface area contributed by atoms with E-state index in [-0.39, 0.29) is 5.54 Å². The summed E-state index contributed by atoms with van der Waals surface area (Å²) in [6.45, 7) is 1.88. The Bertz CT molecular complexity index is 261. The van der Waals surface area contributed by atoms with Gasteiger partial charge >= 0.3 is 0 Å². The molecule has 0 aliphatic heterocycles. The Hall–Kier alpha value is -0.540. The molecule has 2 rings (SSSR count). The fourth-order valence-electron chi connectivity index (χ4n) is 1.83. The van der Waals surface area contributed by atoms with Crippen molar-refractivity contribution in [3.8, 4) is 0 Å². The van der Waals surface area contributed by atoms with Crippen LogP contribution in [-0.2, 0) is 6.54 Å². The van der Waals surface area contributed by atoms with E-state index in [2.05, 4.69) is 10.4 Å². The van der Waals surface area contributed by atoms with Crippen LogP contribution in [-0.4, -0.2) is 27.7 Å². The van der Waals surface area contributed by atoms with E-state index in [4.69, 9.17) is 11.6 Å². The molecule has 0 atom stereocenters. The molecular weight excluding hydrogens is 198 g/mol. The number of nitrogens with zero attached hydrogens (tertiary/aromatic N) is 2. The Balaban J connectivity index is 1.72. The molecule has 1 aliphatic rings. The van der Waals surface area contributed by atoms with Crippen molar-refractivity contribution in [3.63, 3.8) is 0 Å². The number of halogens is 1. The highest BCUT2D eigenvalue weighted by molar-refractivity contribution is 6.18. The Labute approximate surface area is 89.4 Å². The van der Waals surface area contributed by atoms with E-state index in [0.717, 1.165) is 19.0 Å². The van der Waals surface area contributed by atoms with Crippen LogP contribution in [0.1, 0.15) is 19.3 Å². The topological polar surface area (TPSA) is 29.9 Å². The lowest BCUT2D eigenvalue weighted by Crippen LogP contribution is -2.53. The third-order valence-corrected chi connectivity index (χ3v) is 3.48. The zero-order chi connectivity index (χ0) is 9.86. The molecule has 1 N–H and O–H groups in total. The van der Waals surface area contributed by atoms with Gasteiger partial charge in [-0.05, 0) is 25.3 Å². The molecule has 1 saturated carbocycles. The van der Waals surface area contributed by atoms with E-state index in [1.165, 1.54) is 19.3 Å². The van der Waals surface area contributed by atoms with Gasteiger partial charge in [0.2, 0.25) is 0 Å². The van der Waals surface area contributed by atoms with Crippen molar-refractivity contribution in [1.82, 2.24) is 15.1 Å². The Morgan fingerprint density at radius 3 is 2.86 bits per heavy atom. The van der Waals surface area contributed by atoms with Gasteiger partial charge in [-0.2, -0.15) is 5.10 Å². The van der Waals surface area contributed by atoms with Gasteiger partial charge in [0.25, 0.3) is 0 Å². The van der Waals surface area contributed by atoms with Crippen molar-refractivity contribution < 1.29 is 0 Å². The maximum atomic E-state index is 5.94. The van der Waals surface area contributed by atoms with Crippen LogP contribution in [0, 0.1) is 0 Å². The van der Waals surface area contributed by atoms with Crippen LogP contribution in [0.15, 0.2) is 18.5 Å². The van der Waals surface area contributed by atoms with E-state index in [1.54, 1.807) is 6.20 Å². The first-order valence-electron chi connectivity index (χ1n) is 5.13. The van der Waals surface area contributed by atoms with Crippen molar-refractivity contribution >= 4 is 11.6 Å². The number of nitrogens with one attached hydrogen (secondary N) is 1. The maximum Gasteiger partial charge on any atom is 0.0534 e. The van der Waals surface area contributed by atoms with Gasteiger partial charge < -0.3 is 5.32 Å². The highest BCUT2D eigenvalue weighted by Crippen LogP contribution is 2.32. The molecule has 1 aromatic heterocycles. The van der Waals surface area contributed by atoms with Gasteiger partial charge in [-0.15, -0.1) is 11.6 Å². The second-order valence-corrected chi connectivity index (χ2v) is 4.23. The monoisotopic (exact) mass is 213 g/mol. The highest BCUT2D eigenvalue weighted by Gasteiger charge is 2.35. The highest BCUT2D eigenvalue weighted by atomic mass is 35.5. The SMILES string of the molecule is ClCC1(NCCn2cccn2)CCC1. The quantitative estimate of drug-likeness (QED) is 0.754. The van der Waals surface area contributed by atoms with Crippen LogP contribution in [0.4, 0.5) is 0 Å². The van der Waals surface area contributed by atoms with Gasteiger partial charge in [-0.25, -0.2) is 0 Å². The predicted octanol–water partition coefficient (Wildman–Crippen LogP) is 1.63. The van der Waals surface area contributed by atoms with Crippen molar-refractivity contribution in [2.24, 2.45) is 0 Å². The molecule has 1 aliphatic carbocycles. The van der Waals surface area contributed by atoms with E-state index in [0.29, 0.717) is 0 Å². The Morgan fingerprint density at radius 2 is 2.36 bits per heavy atom. The van der Waals surface area contributed by atoms with Crippen LogP contribution in [0.25, 0.3) is 0 Å². The van der Waals surface area contributed by atoms with Crippen LogP contribution in [0.2, 0.25) is 0 Å². The average molecular weight is 214 g/mol. The standard InChI is InChI=1S/C10H16ClN3/c11-9-10(3-1-4-10)12-6-8-14-7-2-5-13-14/h2,5,7,12H,1,3-4,6,8-9H2. The Kier molecular flexibility index (Phi) is 3.08. The molecule has 0 unspecified atom stereocenters. The van der Waals surface area contributed by atoms with E-state index in [1.807, 2.05) is 16.9 Å². The van der Waals surface area contributed by atoms with Crippen molar-refractivity contribution in [2.75, 3.05) is 12.4 Å². The van der Waals surface area contributed by atoms with Crippen LogP contribution < -0.4 is 5.32 Å². The number of aromatic nitrogens is 2. The lowest BCUT2D eigenvalue weighted by molar-refractivity contribution is 0.210. The smallest absolute Gasteiger partial charge is 0.0534 e. The molecule has 0 aromatic carbocycles. The summed E-state index contributed by atoms with van der Waals surface area (Å²) in [4.78, 5) is 0. The molecule has 0 bridgehead atoms. The fourth-order valence-corrected chi connectivity index (χ4v) is 2.19. The number of rotatable bonds is 5. The molecule has 1 aromatic rings. The summed E-state index contributed by atoms with van der Waals surface area (Å²) < 4.78 is 1.94. The van der Waals surface area contributed by atoms with Gasteiger partial charge in [0.1, 0.15) is 0 Å². The third kappa shape index (κ3) is 2.10. The summed E-state index contributed by atoms with van der Waals surface area (Å²) in [5.74, 6) is 0.728. The van der Waals surface area contributed by atoms with E-state index >= 15 is 0 Å². The maximum absolute atomic E-state index is 5.94. The summed E-state index contributed by atoms with van der Waals surface area (Å²) in [6, 6.07) is 1.95. The first-order valence-corrected chi connectivity index (χ1v) is 5.67. The number of hydrogen-bond acceptors (Lipinski definition) is 2. The number of hydrogen-bond donors (Lipinski definition) is 1. The molecule has 78 valence electrons. The first-order chi connectivity index (χ1) is 6.85. The molecule has 4 heteroatoms. The molecule has 3 nitrogen and oxygen atoms in total.